The molecule has 2 amide bonds. The van der Waals surface area contributed by atoms with E-state index in [4.69, 9.17) is 11.6 Å². The average Bonchev–Trinajstić information content (AvgIpc) is 2.58. The SMILES string of the molecule is CCN1CCN(C(=O)Nc2cccc(Cl)c2C)c2cccnc21. The first-order valence-corrected chi connectivity index (χ1v) is 8.03. The van der Waals surface area contributed by atoms with E-state index in [9.17, 15) is 4.79 Å². The molecule has 1 N–H and O–H groups in total. The number of anilines is 3. The minimum atomic E-state index is -0.166. The third-order valence-electron chi connectivity index (χ3n) is 4.09. The molecule has 120 valence electrons. The number of amides is 2. The number of aromatic nitrogens is 1. The van der Waals surface area contributed by atoms with Gasteiger partial charge in [0.05, 0.1) is 5.69 Å². The van der Waals surface area contributed by atoms with Gasteiger partial charge in [-0.2, -0.15) is 0 Å². The molecule has 1 aromatic heterocycles. The Kier molecular flexibility index (Phi) is 4.39. The third-order valence-corrected chi connectivity index (χ3v) is 4.50. The van der Waals surface area contributed by atoms with Gasteiger partial charge in [-0.05, 0) is 43.7 Å². The van der Waals surface area contributed by atoms with Gasteiger partial charge in [-0.1, -0.05) is 17.7 Å². The van der Waals surface area contributed by atoms with Gasteiger partial charge < -0.3 is 10.2 Å². The lowest BCUT2D eigenvalue weighted by Crippen LogP contribution is -2.46. The summed E-state index contributed by atoms with van der Waals surface area (Å²) < 4.78 is 0. The molecule has 0 atom stereocenters. The second kappa shape index (κ2) is 6.46. The Morgan fingerprint density at radius 3 is 2.91 bits per heavy atom. The van der Waals surface area contributed by atoms with Gasteiger partial charge in [0.15, 0.2) is 5.82 Å². The van der Waals surface area contributed by atoms with Crippen molar-refractivity contribution in [3.63, 3.8) is 0 Å². The van der Waals surface area contributed by atoms with Crippen LogP contribution in [-0.2, 0) is 0 Å². The first-order chi connectivity index (χ1) is 11.1. The maximum absolute atomic E-state index is 12.7. The lowest BCUT2D eigenvalue weighted by atomic mass is 10.2. The van der Waals surface area contributed by atoms with E-state index < -0.39 is 0 Å². The molecule has 1 aromatic carbocycles. The maximum Gasteiger partial charge on any atom is 0.326 e. The van der Waals surface area contributed by atoms with E-state index in [0.29, 0.717) is 11.6 Å². The van der Waals surface area contributed by atoms with Crippen molar-refractivity contribution >= 4 is 34.8 Å². The highest BCUT2D eigenvalue weighted by Gasteiger charge is 2.27. The summed E-state index contributed by atoms with van der Waals surface area (Å²) in [5.41, 5.74) is 2.42. The predicted molar refractivity (Wildman–Crippen MR) is 94.7 cm³/mol. The number of nitrogens with zero attached hydrogens (tertiary/aromatic N) is 3. The van der Waals surface area contributed by atoms with Crippen LogP contribution in [0.1, 0.15) is 12.5 Å². The quantitative estimate of drug-likeness (QED) is 0.907. The highest BCUT2D eigenvalue weighted by Crippen LogP contribution is 2.31. The fourth-order valence-corrected chi connectivity index (χ4v) is 2.91. The topological polar surface area (TPSA) is 48.5 Å². The van der Waals surface area contributed by atoms with Crippen molar-refractivity contribution in [3.05, 3.63) is 47.1 Å². The molecule has 0 bridgehead atoms. The van der Waals surface area contributed by atoms with Crippen LogP contribution in [0.3, 0.4) is 0 Å². The molecule has 6 heteroatoms. The van der Waals surface area contributed by atoms with Gasteiger partial charge in [-0.3, -0.25) is 4.90 Å². The predicted octanol–water partition coefficient (Wildman–Crippen LogP) is 3.92. The molecular weight excluding hydrogens is 312 g/mol. The Balaban J connectivity index is 1.87. The molecule has 0 unspecified atom stereocenters. The summed E-state index contributed by atoms with van der Waals surface area (Å²) in [7, 11) is 0. The Labute approximate surface area is 140 Å². The number of likely N-dealkylation sites (N-methyl/N-ethyl adjacent to an activating group) is 1. The number of hydrogen-bond acceptors (Lipinski definition) is 3. The van der Waals surface area contributed by atoms with Gasteiger partial charge in [0, 0.05) is 36.5 Å². The van der Waals surface area contributed by atoms with Crippen LogP contribution in [0.15, 0.2) is 36.5 Å². The van der Waals surface area contributed by atoms with E-state index in [1.807, 2.05) is 37.3 Å². The van der Waals surface area contributed by atoms with Gasteiger partial charge in [-0.15, -0.1) is 0 Å². The van der Waals surface area contributed by atoms with Crippen molar-refractivity contribution in [2.24, 2.45) is 0 Å². The molecule has 1 aliphatic heterocycles. The van der Waals surface area contributed by atoms with Gasteiger partial charge in [0.2, 0.25) is 0 Å². The smallest absolute Gasteiger partial charge is 0.326 e. The van der Waals surface area contributed by atoms with Gasteiger partial charge in [0.25, 0.3) is 0 Å². The summed E-state index contributed by atoms with van der Waals surface area (Å²) in [6.07, 6.45) is 1.75. The summed E-state index contributed by atoms with van der Waals surface area (Å²) in [5.74, 6) is 0.846. The van der Waals surface area contributed by atoms with Gasteiger partial charge in [0.1, 0.15) is 0 Å². The normalized spacial score (nSPS) is 13.7. The summed E-state index contributed by atoms with van der Waals surface area (Å²) in [5, 5.41) is 3.59. The molecule has 0 fully saturated rings. The number of carbonyl (C=O) groups excluding carboxylic acids is 1. The van der Waals surface area contributed by atoms with Crippen LogP contribution in [0.2, 0.25) is 5.02 Å². The Morgan fingerprint density at radius 1 is 1.30 bits per heavy atom. The molecule has 0 aliphatic carbocycles. The Bertz CT molecular complexity index is 734. The van der Waals surface area contributed by atoms with Crippen LogP contribution >= 0.6 is 11.6 Å². The largest absolute Gasteiger partial charge is 0.353 e. The van der Waals surface area contributed by atoms with Crippen LogP contribution in [0.4, 0.5) is 22.0 Å². The van der Waals surface area contributed by atoms with Crippen LogP contribution in [0.25, 0.3) is 0 Å². The monoisotopic (exact) mass is 330 g/mol. The van der Waals surface area contributed by atoms with E-state index in [0.717, 1.165) is 35.8 Å². The zero-order chi connectivity index (χ0) is 16.4. The fourth-order valence-electron chi connectivity index (χ4n) is 2.73. The van der Waals surface area contributed by atoms with Crippen molar-refractivity contribution < 1.29 is 4.79 Å². The lowest BCUT2D eigenvalue weighted by molar-refractivity contribution is 0.256. The number of carbonyl (C=O) groups is 1. The molecule has 2 aromatic rings. The first kappa shape index (κ1) is 15.6. The number of nitrogens with one attached hydrogen (secondary N) is 1. The van der Waals surface area contributed by atoms with E-state index in [-0.39, 0.29) is 6.03 Å². The van der Waals surface area contributed by atoms with Crippen LogP contribution in [-0.4, -0.2) is 30.6 Å². The Morgan fingerprint density at radius 2 is 2.13 bits per heavy atom. The second-order valence-corrected chi connectivity index (χ2v) is 5.83. The van der Waals surface area contributed by atoms with Crippen molar-refractivity contribution in [2.45, 2.75) is 13.8 Å². The zero-order valence-electron chi connectivity index (χ0n) is 13.2. The minimum absolute atomic E-state index is 0.166. The number of hydrogen-bond donors (Lipinski definition) is 1. The van der Waals surface area contributed by atoms with Crippen molar-refractivity contribution in [1.82, 2.24) is 4.98 Å². The third kappa shape index (κ3) is 2.97. The van der Waals surface area contributed by atoms with Crippen molar-refractivity contribution in [1.29, 1.82) is 0 Å². The molecule has 0 radical (unpaired) electrons. The summed E-state index contributed by atoms with van der Waals surface area (Å²) in [6.45, 7) is 6.24. The molecule has 0 saturated carbocycles. The standard InChI is InChI=1S/C17H19ClN4O/c1-3-21-10-11-22(15-8-5-9-19-16(15)21)17(23)20-14-7-4-6-13(18)12(14)2/h4-9H,3,10-11H2,1-2H3,(H,20,23). The first-order valence-electron chi connectivity index (χ1n) is 7.65. The van der Waals surface area contributed by atoms with Crippen LogP contribution in [0.5, 0.6) is 0 Å². The number of pyridine rings is 1. The molecule has 3 rings (SSSR count). The highest BCUT2D eigenvalue weighted by molar-refractivity contribution is 6.31. The molecule has 5 nitrogen and oxygen atoms in total. The molecule has 23 heavy (non-hydrogen) atoms. The molecule has 2 heterocycles. The van der Waals surface area contributed by atoms with E-state index >= 15 is 0 Å². The molecule has 1 aliphatic rings. The van der Waals surface area contributed by atoms with E-state index in [2.05, 4.69) is 22.1 Å². The van der Waals surface area contributed by atoms with E-state index in [1.165, 1.54) is 0 Å². The number of fused-ring (bicyclic) bond motifs is 1. The molecule has 0 spiro atoms. The van der Waals surface area contributed by atoms with E-state index in [1.54, 1.807) is 11.1 Å². The fraction of sp³-hybridized carbons (Fsp3) is 0.294. The summed E-state index contributed by atoms with van der Waals surface area (Å²) >= 11 is 6.12. The van der Waals surface area contributed by atoms with Crippen LogP contribution < -0.4 is 15.1 Å². The maximum atomic E-state index is 12.7. The minimum Gasteiger partial charge on any atom is -0.353 e. The highest BCUT2D eigenvalue weighted by atomic mass is 35.5. The number of benzene rings is 1. The second-order valence-electron chi connectivity index (χ2n) is 5.42. The Hall–Kier alpha value is -2.27. The average molecular weight is 331 g/mol. The lowest BCUT2D eigenvalue weighted by Gasteiger charge is -2.36. The number of rotatable bonds is 2. The number of urea groups is 1. The molecule has 0 saturated heterocycles. The van der Waals surface area contributed by atoms with Gasteiger partial charge >= 0.3 is 6.03 Å². The molecular formula is C17H19ClN4O. The zero-order valence-corrected chi connectivity index (χ0v) is 14.0. The summed E-state index contributed by atoms with van der Waals surface area (Å²) in [4.78, 5) is 21.0. The van der Waals surface area contributed by atoms with Crippen molar-refractivity contribution in [3.8, 4) is 0 Å². The van der Waals surface area contributed by atoms with Gasteiger partial charge in [-0.25, -0.2) is 9.78 Å². The summed E-state index contributed by atoms with van der Waals surface area (Å²) in [6, 6.07) is 9.10. The number of halogens is 1. The van der Waals surface area contributed by atoms with Crippen LogP contribution in [0, 0.1) is 6.92 Å². The van der Waals surface area contributed by atoms with Crippen molar-refractivity contribution in [2.75, 3.05) is 34.8 Å².